The molecule has 4 nitrogen and oxygen atoms in total. The highest BCUT2D eigenvalue weighted by Gasteiger charge is 2.29. The molecule has 0 aliphatic carbocycles. The van der Waals surface area contributed by atoms with E-state index in [0.717, 1.165) is 56.9 Å². The number of hydrogen-bond acceptors (Lipinski definition) is 3. The molecular formula is C25H28Cl2N4. The van der Waals surface area contributed by atoms with Crippen LogP contribution in [-0.4, -0.2) is 34.3 Å². The van der Waals surface area contributed by atoms with E-state index in [1.165, 1.54) is 29.7 Å². The van der Waals surface area contributed by atoms with Crippen molar-refractivity contribution in [3.05, 3.63) is 75.4 Å². The van der Waals surface area contributed by atoms with Gasteiger partial charge in [0.25, 0.3) is 0 Å². The first-order chi connectivity index (χ1) is 15.2. The van der Waals surface area contributed by atoms with Crippen molar-refractivity contribution in [3.8, 4) is 5.69 Å². The van der Waals surface area contributed by atoms with Gasteiger partial charge in [-0.1, -0.05) is 53.5 Å². The highest BCUT2D eigenvalue weighted by molar-refractivity contribution is 6.34. The number of halogens is 2. The van der Waals surface area contributed by atoms with Crippen LogP contribution in [0.25, 0.3) is 5.69 Å². The van der Waals surface area contributed by atoms with Crippen molar-refractivity contribution in [1.29, 1.82) is 0 Å². The zero-order chi connectivity index (χ0) is 21.2. The molecule has 1 aromatic heterocycles. The number of aromatic nitrogens is 2. The summed E-state index contributed by atoms with van der Waals surface area (Å²) < 4.78 is 2.00. The molecule has 1 fully saturated rings. The Balaban J connectivity index is 1.41. The van der Waals surface area contributed by atoms with Crippen LogP contribution in [0.15, 0.2) is 48.5 Å². The second-order valence-corrected chi connectivity index (χ2v) is 9.48. The Labute approximate surface area is 194 Å². The minimum Gasteiger partial charge on any atom is -0.370 e. The van der Waals surface area contributed by atoms with Crippen LogP contribution in [0.1, 0.15) is 48.4 Å². The van der Waals surface area contributed by atoms with Crippen molar-refractivity contribution >= 4 is 29.0 Å². The first-order valence-electron chi connectivity index (χ1n) is 11.3. The predicted octanol–water partition coefficient (Wildman–Crippen LogP) is 6.31. The number of benzene rings is 2. The maximum Gasteiger partial charge on any atom is 0.133 e. The first-order valence-corrected chi connectivity index (χ1v) is 12.0. The van der Waals surface area contributed by atoms with Crippen molar-refractivity contribution in [2.24, 2.45) is 0 Å². The zero-order valence-corrected chi connectivity index (χ0v) is 19.2. The molecule has 6 heteroatoms. The smallest absolute Gasteiger partial charge is 0.133 e. The quantitative estimate of drug-likeness (QED) is 0.501. The van der Waals surface area contributed by atoms with Crippen molar-refractivity contribution in [3.63, 3.8) is 0 Å². The number of hydrogen-bond donors (Lipinski definition) is 1. The third kappa shape index (κ3) is 4.48. The van der Waals surface area contributed by atoms with Crippen LogP contribution in [0.5, 0.6) is 0 Å². The van der Waals surface area contributed by atoms with E-state index in [0.29, 0.717) is 16.0 Å². The standard InChI is InChI=1S/C25H28Cl2N4/c26-20-9-10-22(27)23(16-20)31-25-21(8-4-5-13-28-25)24(29-31)19-11-14-30(15-12-19)17-18-6-2-1-3-7-18/h1-3,6-7,9-10,16,19,28H,4-5,8,11-15,17H2. The van der Waals surface area contributed by atoms with Gasteiger partial charge in [-0.05, 0) is 69.0 Å². The Bertz CT molecular complexity index is 1040. The summed E-state index contributed by atoms with van der Waals surface area (Å²) in [5.74, 6) is 1.59. The van der Waals surface area contributed by atoms with Crippen molar-refractivity contribution in [1.82, 2.24) is 14.7 Å². The largest absolute Gasteiger partial charge is 0.370 e. The number of likely N-dealkylation sites (tertiary alicyclic amines) is 1. The fourth-order valence-electron chi connectivity index (χ4n) is 4.89. The van der Waals surface area contributed by atoms with E-state index in [-0.39, 0.29) is 0 Å². The molecule has 31 heavy (non-hydrogen) atoms. The van der Waals surface area contributed by atoms with E-state index in [2.05, 4.69) is 40.5 Å². The molecule has 162 valence electrons. The van der Waals surface area contributed by atoms with Gasteiger partial charge >= 0.3 is 0 Å². The average molecular weight is 455 g/mol. The molecule has 0 spiro atoms. The van der Waals surface area contributed by atoms with Gasteiger partial charge in [-0.15, -0.1) is 0 Å². The molecule has 0 saturated carbocycles. The SMILES string of the molecule is Clc1ccc(Cl)c(-n2nc(C3CCN(Cc4ccccc4)CC3)c3c2NCCCC3)c1. The summed E-state index contributed by atoms with van der Waals surface area (Å²) in [5, 5.41) is 10.1. The molecule has 3 aromatic rings. The van der Waals surface area contributed by atoms with E-state index in [9.17, 15) is 0 Å². The summed E-state index contributed by atoms with van der Waals surface area (Å²) in [6, 6.07) is 16.4. The lowest BCUT2D eigenvalue weighted by Gasteiger charge is -2.31. The molecule has 0 bridgehead atoms. The molecule has 5 rings (SSSR count). The van der Waals surface area contributed by atoms with Gasteiger partial charge in [0.05, 0.1) is 16.4 Å². The Morgan fingerprint density at radius 1 is 1.00 bits per heavy atom. The molecule has 0 unspecified atom stereocenters. The molecule has 3 heterocycles. The topological polar surface area (TPSA) is 33.1 Å². The van der Waals surface area contributed by atoms with Gasteiger partial charge in [-0.3, -0.25) is 4.90 Å². The number of nitrogens with zero attached hydrogens (tertiary/aromatic N) is 3. The van der Waals surface area contributed by atoms with Crippen LogP contribution in [0.2, 0.25) is 10.0 Å². The Morgan fingerprint density at radius 3 is 2.61 bits per heavy atom. The van der Waals surface area contributed by atoms with E-state index >= 15 is 0 Å². The van der Waals surface area contributed by atoms with Gasteiger partial charge in [0.2, 0.25) is 0 Å². The predicted molar refractivity (Wildman–Crippen MR) is 129 cm³/mol. The number of anilines is 1. The summed E-state index contributed by atoms with van der Waals surface area (Å²) >= 11 is 12.8. The van der Waals surface area contributed by atoms with Gasteiger partial charge < -0.3 is 5.32 Å². The highest BCUT2D eigenvalue weighted by atomic mass is 35.5. The highest BCUT2D eigenvalue weighted by Crippen LogP contribution is 2.38. The third-order valence-electron chi connectivity index (χ3n) is 6.52. The lowest BCUT2D eigenvalue weighted by Crippen LogP contribution is -2.32. The van der Waals surface area contributed by atoms with Gasteiger partial charge in [0, 0.05) is 29.6 Å². The lowest BCUT2D eigenvalue weighted by atomic mass is 9.90. The summed E-state index contributed by atoms with van der Waals surface area (Å²) in [6.07, 6.45) is 5.71. The second-order valence-electron chi connectivity index (χ2n) is 8.64. The van der Waals surface area contributed by atoms with Gasteiger partial charge in [-0.2, -0.15) is 5.10 Å². The van der Waals surface area contributed by atoms with Crippen LogP contribution in [0.4, 0.5) is 5.82 Å². The monoisotopic (exact) mass is 454 g/mol. The summed E-state index contributed by atoms with van der Waals surface area (Å²) in [6.45, 7) is 4.20. The molecule has 0 amide bonds. The molecule has 2 aromatic carbocycles. The summed E-state index contributed by atoms with van der Waals surface area (Å²) in [7, 11) is 0. The minimum atomic E-state index is 0.486. The first kappa shape index (κ1) is 20.9. The minimum absolute atomic E-state index is 0.486. The maximum absolute atomic E-state index is 6.55. The number of piperidine rings is 1. The van der Waals surface area contributed by atoms with Crippen molar-refractivity contribution in [2.45, 2.75) is 44.6 Å². The fraction of sp³-hybridized carbons (Fsp3) is 0.400. The molecule has 2 aliphatic rings. The van der Waals surface area contributed by atoms with Crippen LogP contribution in [0, 0.1) is 0 Å². The Hall–Kier alpha value is -2.01. The van der Waals surface area contributed by atoms with Crippen molar-refractivity contribution < 1.29 is 0 Å². The molecule has 2 aliphatic heterocycles. The molecular weight excluding hydrogens is 427 g/mol. The third-order valence-corrected chi connectivity index (χ3v) is 7.07. The number of nitrogens with one attached hydrogen (secondary N) is 1. The summed E-state index contributed by atoms with van der Waals surface area (Å²) in [4.78, 5) is 2.56. The molecule has 1 saturated heterocycles. The van der Waals surface area contributed by atoms with Crippen LogP contribution >= 0.6 is 23.2 Å². The number of fused-ring (bicyclic) bond motifs is 1. The lowest BCUT2D eigenvalue weighted by molar-refractivity contribution is 0.203. The fourth-order valence-corrected chi connectivity index (χ4v) is 5.25. The van der Waals surface area contributed by atoms with E-state index < -0.39 is 0 Å². The molecule has 1 N–H and O–H groups in total. The second kappa shape index (κ2) is 9.23. The van der Waals surface area contributed by atoms with Crippen molar-refractivity contribution in [2.75, 3.05) is 25.0 Å². The van der Waals surface area contributed by atoms with E-state index in [1.807, 2.05) is 22.9 Å². The van der Waals surface area contributed by atoms with Crippen LogP contribution in [0.3, 0.4) is 0 Å². The Kier molecular flexibility index (Phi) is 6.22. The van der Waals surface area contributed by atoms with Gasteiger partial charge in [0.15, 0.2) is 0 Å². The van der Waals surface area contributed by atoms with Gasteiger partial charge in [-0.25, -0.2) is 4.68 Å². The number of rotatable bonds is 4. The summed E-state index contributed by atoms with van der Waals surface area (Å²) in [5.41, 5.74) is 4.86. The average Bonchev–Trinajstić information content (AvgIpc) is 2.97. The Morgan fingerprint density at radius 2 is 1.81 bits per heavy atom. The molecule has 0 radical (unpaired) electrons. The van der Waals surface area contributed by atoms with E-state index in [4.69, 9.17) is 28.3 Å². The normalized spacial score (nSPS) is 17.7. The zero-order valence-electron chi connectivity index (χ0n) is 17.7. The van der Waals surface area contributed by atoms with Crippen LogP contribution in [-0.2, 0) is 13.0 Å². The van der Waals surface area contributed by atoms with Gasteiger partial charge in [0.1, 0.15) is 5.82 Å². The molecule has 0 atom stereocenters. The maximum atomic E-state index is 6.55. The van der Waals surface area contributed by atoms with Crippen LogP contribution < -0.4 is 5.32 Å². The van der Waals surface area contributed by atoms with E-state index in [1.54, 1.807) is 0 Å².